The summed E-state index contributed by atoms with van der Waals surface area (Å²) in [7, 11) is 0. The first kappa shape index (κ1) is 18.1. The smallest absolute Gasteiger partial charge is 0.191 e. The molecule has 3 nitrogen and oxygen atoms in total. The van der Waals surface area contributed by atoms with Crippen LogP contribution in [0, 0.1) is 40.4 Å². The van der Waals surface area contributed by atoms with E-state index in [1.54, 1.807) is 6.92 Å². The number of hydrogen-bond donors (Lipinski definition) is 0. The van der Waals surface area contributed by atoms with Gasteiger partial charge in [-0.2, -0.15) is 0 Å². The molecule has 0 N–H and O–H groups in total. The first-order valence-corrected chi connectivity index (χ1v) is 10.1. The van der Waals surface area contributed by atoms with Gasteiger partial charge in [0.25, 0.3) is 0 Å². The lowest BCUT2D eigenvalue weighted by atomic mass is 9.46. The number of allylic oxidation sites excluding steroid dienone is 1. The highest BCUT2D eigenvalue weighted by Gasteiger charge is 2.64. The molecule has 0 saturated heterocycles. The number of halogens is 1. The Balaban J connectivity index is 1.78. The summed E-state index contributed by atoms with van der Waals surface area (Å²) in [5.41, 5.74) is -0.179. The van der Waals surface area contributed by atoms with Crippen LogP contribution in [-0.2, 0) is 14.4 Å². The maximum atomic E-state index is 14.6. The molecule has 3 fully saturated rings. The lowest BCUT2D eigenvalue weighted by Gasteiger charge is -2.56. The summed E-state index contributed by atoms with van der Waals surface area (Å²) in [5.74, 6) is 0.0313. The summed E-state index contributed by atoms with van der Waals surface area (Å²) >= 11 is 0. The molecule has 0 aromatic rings. The maximum absolute atomic E-state index is 14.6. The Kier molecular flexibility index (Phi) is 3.88. The molecule has 0 amide bonds. The molecule has 4 aliphatic carbocycles. The molecule has 4 aliphatic rings. The third-order valence-electron chi connectivity index (χ3n) is 8.52. The average molecular weight is 360 g/mol. The van der Waals surface area contributed by atoms with E-state index < -0.39 is 17.0 Å². The van der Waals surface area contributed by atoms with Crippen molar-refractivity contribution in [1.82, 2.24) is 0 Å². The van der Waals surface area contributed by atoms with Crippen molar-refractivity contribution in [3.05, 3.63) is 11.4 Å². The Bertz CT molecular complexity index is 738. The van der Waals surface area contributed by atoms with E-state index in [9.17, 15) is 18.8 Å². The summed E-state index contributed by atoms with van der Waals surface area (Å²) in [6.45, 7) is 7.95. The quantitative estimate of drug-likeness (QED) is 0.694. The fraction of sp³-hybridized carbons (Fsp3) is 0.773. The molecule has 0 unspecified atom stereocenters. The van der Waals surface area contributed by atoms with Gasteiger partial charge >= 0.3 is 0 Å². The van der Waals surface area contributed by atoms with Crippen LogP contribution in [0.3, 0.4) is 0 Å². The van der Waals surface area contributed by atoms with Crippen LogP contribution >= 0.6 is 0 Å². The van der Waals surface area contributed by atoms with Crippen molar-refractivity contribution in [1.29, 1.82) is 0 Å². The summed E-state index contributed by atoms with van der Waals surface area (Å²) in [6, 6.07) is 0. The average Bonchev–Trinajstić information content (AvgIpc) is 2.81. The molecular weight excluding hydrogens is 331 g/mol. The highest BCUT2D eigenvalue weighted by Crippen LogP contribution is 2.67. The van der Waals surface area contributed by atoms with Crippen LogP contribution in [0.15, 0.2) is 11.4 Å². The Morgan fingerprint density at radius 3 is 2.54 bits per heavy atom. The van der Waals surface area contributed by atoms with Gasteiger partial charge in [0.15, 0.2) is 11.6 Å². The summed E-state index contributed by atoms with van der Waals surface area (Å²) < 4.78 is 14.6. The molecule has 4 heteroatoms. The number of fused-ring (bicyclic) bond motifs is 5. The first-order chi connectivity index (χ1) is 12.1. The zero-order chi connectivity index (χ0) is 19.0. The summed E-state index contributed by atoms with van der Waals surface area (Å²) in [5, 5.41) is 0. The molecule has 0 bridgehead atoms. The first-order valence-electron chi connectivity index (χ1n) is 10.1. The number of rotatable bonds is 1. The monoisotopic (exact) mass is 360 g/mol. The predicted molar refractivity (Wildman–Crippen MR) is 95.9 cm³/mol. The molecule has 0 aliphatic heterocycles. The number of ketones is 3. The van der Waals surface area contributed by atoms with E-state index in [1.807, 2.05) is 6.92 Å². The third kappa shape index (κ3) is 2.13. The lowest BCUT2D eigenvalue weighted by Crippen LogP contribution is -2.55. The van der Waals surface area contributed by atoms with Gasteiger partial charge in [-0.15, -0.1) is 0 Å². The number of carbonyl (C=O) groups excluding carboxylic acids is 3. The zero-order valence-corrected chi connectivity index (χ0v) is 16.2. The van der Waals surface area contributed by atoms with Gasteiger partial charge in [0.1, 0.15) is 11.6 Å². The maximum Gasteiger partial charge on any atom is 0.191 e. The molecular formula is C22H29FO3. The SMILES string of the molecule is CC(=O)[C@H]1[C@H](C)C[C@H]2[C@@H]3CCC4=C(F)C(=O)CC[C@]4(C)[C@H]3C(=O)C[C@@]21C. The van der Waals surface area contributed by atoms with Crippen molar-refractivity contribution in [3.63, 3.8) is 0 Å². The van der Waals surface area contributed by atoms with E-state index in [0.717, 1.165) is 12.8 Å². The molecule has 0 aromatic carbocycles. The van der Waals surface area contributed by atoms with E-state index >= 15 is 0 Å². The van der Waals surface area contributed by atoms with Crippen molar-refractivity contribution in [2.75, 3.05) is 0 Å². The van der Waals surface area contributed by atoms with Gasteiger partial charge in [0.2, 0.25) is 0 Å². The van der Waals surface area contributed by atoms with Gasteiger partial charge in [0.05, 0.1) is 0 Å². The van der Waals surface area contributed by atoms with Crippen molar-refractivity contribution in [3.8, 4) is 0 Å². The van der Waals surface area contributed by atoms with E-state index in [2.05, 4.69) is 13.8 Å². The minimum atomic E-state index is -0.570. The lowest BCUT2D eigenvalue weighted by molar-refractivity contribution is -0.148. The van der Waals surface area contributed by atoms with Crippen LogP contribution in [0.1, 0.15) is 66.2 Å². The largest absolute Gasteiger partial charge is 0.300 e. The summed E-state index contributed by atoms with van der Waals surface area (Å²) in [4.78, 5) is 37.6. The van der Waals surface area contributed by atoms with E-state index in [-0.39, 0.29) is 41.2 Å². The van der Waals surface area contributed by atoms with Crippen molar-refractivity contribution >= 4 is 17.3 Å². The molecule has 3 saturated carbocycles. The van der Waals surface area contributed by atoms with Gasteiger partial charge in [-0.3, -0.25) is 14.4 Å². The molecule has 0 spiro atoms. The minimum Gasteiger partial charge on any atom is -0.300 e. The van der Waals surface area contributed by atoms with Crippen molar-refractivity contribution in [2.24, 2.45) is 40.4 Å². The predicted octanol–water partition coefficient (Wildman–Crippen LogP) is 4.45. The molecule has 142 valence electrons. The van der Waals surface area contributed by atoms with Crippen LogP contribution in [0.2, 0.25) is 0 Å². The minimum absolute atomic E-state index is 0.0492. The second-order valence-electron chi connectivity index (χ2n) is 9.87. The fourth-order valence-electron chi connectivity index (χ4n) is 7.71. The molecule has 26 heavy (non-hydrogen) atoms. The van der Waals surface area contributed by atoms with Crippen LogP contribution in [-0.4, -0.2) is 17.3 Å². The highest BCUT2D eigenvalue weighted by molar-refractivity contribution is 5.96. The highest BCUT2D eigenvalue weighted by atomic mass is 19.1. The molecule has 4 rings (SSSR count). The number of carbonyl (C=O) groups is 3. The summed E-state index contributed by atoms with van der Waals surface area (Å²) in [6.07, 6.45) is 3.53. The Hall–Kier alpha value is -1.32. The topological polar surface area (TPSA) is 51.2 Å². The van der Waals surface area contributed by atoms with Crippen LogP contribution in [0.25, 0.3) is 0 Å². The molecule has 7 atom stereocenters. The second kappa shape index (κ2) is 5.59. The Morgan fingerprint density at radius 1 is 1.19 bits per heavy atom. The van der Waals surface area contributed by atoms with E-state index in [1.165, 1.54) is 0 Å². The third-order valence-corrected chi connectivity index (χ3v) is 8.52. The molecule has 0 radical (unpaired) electrons. The zero-order valence-electron chi connectivity index (χ0n) is 16.2. The fourth-order valence-corrected chi connectivity index (χ4v) is 7.71. The second-order valence-corrected chi connectivity index (χ2v) is 9.87. The van der Waals surface area contributed by atoms with Gasteiger partial charge in [-0.1, -0.05) is 20.8 Å². The van der Waals surface area contributed by atoms with Crippen LogP contribution in [0.4, 0.5) is 4.39 Å². The van der Waals surface area contributed by atoms with Gasteiger partial charge < -0.3 is 0 Å². The normalized spacial score (nSPS) is 48.1. The van der Waals surface area contributed by atoms with Crippen molar-refractivity contribution < 1.29 is 18.8 Å². The van der Waals surface area contributed by atoms with E-state index in [4.69, 9.17) is 0 Å². The van der Waals surface area contributed by atoms with Gasteiger partial charge in [0, 0.05) is 30.1 Å². The number of Topliss-reactive ketones (excluding diaryl/α,β-unsaturated/α-hetero) is 3. The van der Waals surface area contributed by atoms with Crippen LogP contribution in [0.5, 0.6) is 0 Å². The van der Waals surface area contributed by atoms with Crippen LogP contribution < -0.4 is 0 Å². The number of hydrogen-bond acceptors (Lipinski definition) is 3. The Labute approximate surface area is 154 Å². The Morgan fingerprint density at radius 2 is 1.88 bits per heavy atom. The molecule has 0 aromatic heterocycles. The van der Waals surface area contributed by atoms with Crippen molar-refractivity contribution in [2.45, 2.75) is 66.2 Å². The van der Waals surface area contributed by atoms with Gasteiger partial charge in [-0.25, -0.2) is 4.39 Å². The van der Waals surface area contributed by atoms with Gasteiger partial charge in [-0.05, 0) is 61.3 Å². The molecule has 0 heterocycles. The van der Waals surface area contributed by atoms with E-state index in [0.29, 0.717) is 36.7 Å². The standard InChI is InChI=1S/C22H29FO3/c1-11-9-15-13-5-6-14-20(23)16(25)7-8-21(14,3)19(13)17(26)10-22(15,4)18(11)12(2)24/h11,13,15,18-19H,5-10H2,1-4H3/t11-,13+,15+,18-,19-,21+,22+/m1/s1.